The summed E-state index contributed by atoms with van der Waals surface area (Å²) in [4.78, 5) is 16.8. The minimum Gasteiger partial charge on any atom is -0.462 e. The van der Waals surface area contributed by atoms with Gasteiger partial charge in [-0.05, 0) is 41.3 Å². The van der Waals surface area contributed by atoms with Crippen LogP contribution in [0.3, 0.4) is 0 Å². The van der Waals surface area contributed by atoms with Gasteiger partial charge in [0.1, 0.15) is 5.84 Å². The average molecular weight is 425 g/mol. The molecule has 0 aliphatic carbocycles. The van der Waals surface area contributed by atoms with E-state index in [-0.39, 0.29) is 11.8 Å². The van der Waals surface area contributed by atoms with Crippen molar-refractivity contribution in [3.8, 4) is 22.3 Å². The average Bonchev–Trinajstić information content (AvgIpc) is 3.24. The molecule has 0 saturated carbocycles. The molecule has 0 fully saturated rings. The van der Waals surface area contributed by atoms with Crippen molar-refractivity contribution in [3.63, 3.8) is 0 Å². The molecule has 0 spiro atoms. The molecule has 0 amide bonds. The Labute approximate surface area is 186 Å². The number of carbonyl (C=O) groups is 1. The minimum atomic E-state index is -0.352. The zero-order valence-electron chi connectivity index (χ0n) is 17.8. The van der Waals surface area contributed by atoms with Crippen molar-refractivity contribution in [2.24, 2.45) is 5.73 Å². The fourth-order valence-corrected chi connectivity index (χ4v) is 3.62. The molecule has 6 nitrogen and oxygen atoms in total. The molecule has 2 aromatic heterocycles. The highest BCUT2D eigenvalue weighted by molar-refractivity contribution is 5.97. The molecule has 32 heavy (non-hydrogen) atoms. The van der Waals surface area contributed by atoms with Crippen LogP contribution in [0.5, 0.6) is 0 Å². The smallest absolute Gasteiger partial charge is 0.340 e. The maximum Gasteiger partial charge on any atom is 0.340 e. The Balaban J connectivity index is 1.68. The highest BCUT2D eigenvalue weighted by Gasteiger charge is 2.17. The fraction of sp³-hybridized carbons (Fsp3) is 0.115. The minimum absolute atomic E-state index is 0.0287. The van der Waals surface area contributed by atoms with Crippen LogP contribution in [0.2, 0.25) is 0 Å². The number of benzene rings is 2. The Morgan fingerprint density at radius 3 is 2.50 bits per heavy atom. The van der Waals surface area contributed by atoms with E-state index in [0.717, 1.165) is 27.8 Å². The number of nitrogens with one attached hydrogen (secondary N) is 1. The molecular weight excluding hydrogens is 400 g/mol. The van der Waals surface area contributed by atoms with Crippen molar-refractivity contribution >= 4 is 11.8 Å². The van der Waals surface area contributed by atoms with E-state index >= 15 is 0 Å². The second-order valence-electron chi connectivity index (χ2n) is 7.41. The SMILES string of the molecule is CCOC(=O)c1cn(Cc2cccc(C(=N)N)c2)cc1-c1ccc(-c2cccnc2)cc1. The summed E-state index contributed by atoms with van der Waals surface area (Å²) < 4.78 is 7.25. The lowest BCUT2D eigenvalue weighted by atomic mass is 10.0. The molecule has 4 aromatic rings. The van der Waals surface area contributed by atoms with Gasteiger partial charge in [0.05, 0.1) is 12.2 Å². The van der Waals surface area contributed by atoms with Gasteiger partial charge in [-0.3, -0.25) is 10.4 Å². The summed E-state index contributed by atoms with van der Waals surface area (Å²) in [6.07, 6.45) is 7.33. The third-order valence-corrected chi connectivity index (χ3v) is 5.17. The highest BCUT2D eigenvalue weighted by Crippen LogP contribution is 2.29. The second kappa shape index (κ2) is 9.31. The van der Waals surface area contributed by atoms with Crippen molar-refractivity contribution in [1.29, 1.82) is 5.41 Å². The predicted octanol–water partition coefficient (Wildman–Crippen LogP) is 4.73. The van der Waals surface area contributed by atoms with Crippen LogP contribution in [-0.2, 0) is 11.3 Å². The van der Waals surface area contributed by atoms with E-state index < -0.39 is 0 Å². The predicted molar refractivity (Wildman–Crippen MR) is 126 cm³/mol. The Kier molecular flexibility index (Phi) is 6.12. The van der Waals surface area contributed by atoms with Crippen LogP contribution in [0, 0.1) is 5.41 Å². The van der Waals surface area contributed by atoms with Gasteiger partial charge in [-0.25, -0.2) is 4.79 Å². The molecule has 0 radical (unpaired) electrons. The number of hydrogen-bond donors (Lipinski definition) is 2. The van der Waals surface area contributed by atoms with Crippen LogP contribution in [0.25, 0.3) is 22.3 Å². The summed E-state index contributed by atoms with van der Waals surface area (Å²) in [5, 5.41) is 7.65. The standard InChI is InChI=1S/C26H24N4O2/c1-2-32-26(31)24-17-30(15-18-5-3-6-21(13-18)25(27)28)16-23(24)20-10-8-19(9-11-20)22-7-4-12-29-14-22/h3-14,16-17H,2,15H2,1H3,(H3,27,28). The van der Waals surface area contributed by atoms with E-state index in [1.807, 2.05) is 77.8 Å². The van der Waals surface area contributed by atoms with E-state index in [9.17, 15) is 4.79 Å². The van der Waals surface area contributed by atoms with Crippen molar-refractivity contribution < 1.29 is 9.53 Å². The molecule has 2 aromatic carbocycles. The fourth-order valence-electron chi connectivity index (χ4n) is 3.62. The van der Waals surface area contributed by atoms with Crippen molar-refractivity contribution in [1.82, 2.24) is 9.55 Å². The van der Waals surface area contributed by atoms with Gasteiger partial charge in [-0.15, -0.1) is 0 Å². The summed E-state index contributed by atoms with van der Waals surface area (Å²) >= 11 is 0. The van der Waals surface area contributed by atoms with Crippen LogP contribution in [-0.4, -0.2) is 28.0 Å². The first-order chi connectivity index (χ1) is 15.5. The lowest BCUT2D eigenvalue weighted by molar-refractivity contribution is 0.0527. The Hall–Kier alpha value is -4.19. The molecular formula is C26H24N4O2. The van der Waals surface area contributed by atoms with Crippen molar-refractivity contribution in [3.05, 3.63) is 102 Å². The zero-order chi connectivity index (χ0) is 22.5. The number of hydrogen-bond acceptors (Lipinski definition) is 4. The molecule has 0 unspecified atom stereocenters. The number of nitrogens with two attached hydrogens (primary N) is 1. The molecule has 0 saturated heterocycles. The summed E-state index contributed by atoms with van der Waals surface area (Å²) in [7, 11) is 0. The first kappa shape index (κ1) is 21.1. The monoisotopic (exact) mass is 424 g/mol. The Bertz CT molecular complexity index is 1240. The second-order valence-corrected chi connectivity index (χ2v) is 7.41. The number of amidine groups is 1. The molecule has 3 N–H and O–H groups in total. The van der Waals surface area contributed by atoms with Crippen LogP contribution in [0.15, 0.2) is 85.5 Å². The normalized spacial score (nSPS) is 10.7. The van der Waals surface area contributed by atoms with Crippen molar-refractivity contribution in [2.45, 2.75) is 13.5 Å². The zero-order valence-corrected chi connectivity index (χ0v) is 17.8. The maximum atomic E-state index is 12.6. The van der Waals surface area contributed by atoms with E-state index in [0.29, 0.717) is 24.3 Å². The van der Waals surface area contributed by atoms with E-state index in [1.165, 1.54) is 0 Å². The number of pyridine rings is 1. The number of carbonyl (C=O) groups excluding carboxylic acids is 1. The maximum absolute atomic E-state index is 12.6. The van der Waals surface area contributed by atoms with Gasteiger partial charge < -0.3 is 15.0 Å². The van der Waals surface area contributed by atoms with Gasteiger partial charge in [0.2, 0.25) is 0 Å². The number of aromatic nitrogens is 2. The van der Waals surface area contributed by atoms with E-state index in [1.54, 1.807) is 19.2 Å². The van der Waals surface area contributed by atoms with Gasteiger partial charge >= 0.3 is 5.97 Å². The molecule has 160 valence electrons. The first-order valence-corrected chi connectivity index (χ1v) is 10.4. The van der Waals surface area contributed by atoms with Crippen LogP contribution >= 0.6 is 0 Å². The van der Waals surface area contributed by atoms with Crippen LogP contribution in [0.4, 0.5) is 0 Å². The topological polar surface area (TPSA) is 94.0 Å². The van der Waals surface area contributed by atoms with Crippen LogP contribution < -0.4 is 5.73 Å². The van der Waals surface area contributed by atoms with Gasteiger partial charge in [0.15, 0.2) is 0 Å². The van der Waals surface area contributed by atoms with E-state index in [2.05, 4.69) is 4.98 Å². The number of nitrogens with zero attached hydrogens (tertiary/aromatic N) is 2. The lowest BCUT2D eigenvalue weighted by Crippen LogP contribution is -2.11. The van der Waals surface area contributed by atoms with Crippen LogP contribution in [0.1, 0.15) is 28.4 Å². The number of esters is 1. The van der Waals surface area contributed by atoms with Crippen molar-refractivity contribution in [2.75, 3.05) is 6.61 Å². The Morgan fingerprint density at radius 2 is 1.81 bits per heavy atom. The largest absolute Gasteiger partial charge is 0.462 e. The molecule has 2 heterocycles. The van der Waals surface area contributed by atoms with E-state index in [4.69, 9.17) is 15.9 Å². The quantitative estimate of drug-likeness (QED) is 0.255. The molecule has 0 atom stereocenters. The number of ether oxygens (including phenoxy) is 1. The molecule has 0 aliphatic heterocycles. The van der Waals surface area contributed by atoms with Gasteiger partial charge in [0, 0.05) is 42.5 Å². The molecule has 0 aliphatic rings. The molecule has 0 bridgehead atoms. The van der Waals surface area contributed by atoms with Gasteiger partial charge in [-0.2, -0.15) is 0 Å². The third kappa shape index (κ3) is 4.59. The number of nitrogen functional groups attached to an aromatic ring is 1. The first-order valence-electron chi connectivity index (χ1n) is 10.4. The summed E-state index contributed by atoms with van der Waals surface area (Å²) in [5.41, 5.74) is 11.6. The molecule has 6 heteroatoms. The Morgan fingerprint density at radius 1 is 1.03 bits per heavy atom. The molecule has 4 rings (SSSR count). The summed E-state index contributed by atoms with van der Waals surface area (Å²) in [5.74, 6) is -0.323. The number of rotatable bonds is 7. The third-order valence-electron chi connectivity index (χ3n) is 5.17. The summed E-state index contributed by atoms with van der Waals surface area (Å²) in [6, 6.07) is 19.5. The lowest BCUT2D eigenvalue weighted by Gasteiger charge is -2.06. The highest BCUT2D eigenvalue weighted by atomic mass is 16.5. The van der Waals surface area contributed by atoms with Gasteiger partial charge in [-0.1, -0.05) is 48.5 Å². The summed E-state index contributed by atoms with van der Waals surface area (Å²) in [6.45, 7) is 2.65. The van der Waals surface area contributed by atoms with Gasteiger partial charge in [0.25, 0.3) is 0 Å².